The van der Waals surface area contributed by atoms with Gasteiger partial charge in [-0.3, -0.25) is 9.59 Å². The number of esters is 1. The van der Waals surface area contributed by atoms with Gasteiger partial charge >= 0.3 is 5.97 Å². The van der Waals surface area contributed by atoms with Crippen LogP contribution < -0.4 is 14.8 Å². The Morgan fingerprint density at radius 1 is 1.04 bits per heavy atom. The van der Waals surface area contributed by atoms with E-state index in [9.17, 15) is 14.0 Å². The van der Waals surface area contributed by atoms with Crippen LogP contribution in [0.25, 0.3) is 0 Å². The molecule has 0 aliphatic rings. The lowest BCUT2D eigenvalue weighted by atomic mass is 10.1. The summed E-state index contributed by atoms with van der Waals surface area (Å²) in [5, 5.41) is 2.55. The molecule has 0 unspecified atom stereocenters. The third-order valence-corrected chi connectivity index (χ3v) is 3.59. The van der Waals surface area contributed by atoms with Crippen LogP contribution in [0.1, 0.15) is 12.5 Å². The molecule has 0 fully saturated rings. The fraction of sp³-hybridized carbons (Fsp3) is 0.263. The van der Waals surface area contributed by atoms with Gasteiger partial charge in [-0.2, -0.15) is 0 Å². The maximum absolute atomic E-state index is 12.9. The first-order valence-electron chi connectivity index (χ1n) is 7.89. The number of anilines is 1. The summed E-state index contributed by atoms with van der Waals surface area (Å²) in [5.74, 6) is -0.412. The molecule has 1 amide bonds. The summed E-state index contributed by atoms with van der Waals surface area (Å²) < 4.78 is 28.3. The number of carbonyl (C=O) groups is 2. The van der Waals surface area contributed by atoms with Crippen molar-refractivity contribution in [1.82, 2.24) is 0 Å². The van der Waals surface area contributed by atoms with E-state index in [0.717, 1.165) is 0 Å². The van der Waals surface area contributed by atoms with E-state index >= 15 is 0 Å². The minimum atomic E-state index is -0.993. The van der Waals surface area contributed by atoms with Crippen molar-refractivity contribution in [3.63, 3.8) is 0 Å². The second-order valence-corrected chi connectivity index (χ2v) is 5.49. The Morgan fingerprint density at radius 2 is 1.69 bits per heavy atom. The van der Waals surface area contributed by atoms with E-state index in [0.29, 0.717) is 22.7 Å². The zero-order valence-corrected chi connectivity index (χ0v) is 14.7. The first-order valence-corrected chi connectivity index (χ1v) is 7.89. The van der Waals surface area contributed by atoms with Crippen molar-refractivity contribution < 1.29 is 28.2 Å². The molecular weight excluding hydrogens is 341 g/mol. The number of benzene rings is 2. The minimum Gasteiger partial charge on any atom is -0.493 e. The molecule has 0 aliphatic heterocycles. The predicted octanol–water partition coefficient (Wildman–Crippen LogP) is 2.96. The lowest BCUT2D eigenvalue weighted by Crippen LogP contribution is -2.30. The molecule has 0 aliphatic carbocycles. The van der Waals surface area contributed by atoms with Gasteiger partial charge in [0.2, 0.25) is 0 Å². The van der Waals surface area contributed by atoms with E-state index in [-0.39, 0.29) is 6.42 Å². The average Bonchev–Trinajstić information content (AvgIpc) is 2.63. The lowest BCUT2D eigenvalue weighted by Gasteiger charge is -2.14. The number of ether oxygens (including phenoxy) is 3. The summed E-state index contributed by atoms with van der Waals surface area (Å²) in [6.45, 7) is 1.46. The highest BCUT2D eigenvalue weighted by Gasteiger charge is 2.18. The largest absolute Gasteiger partial charge is 0.493 e. The summed E-state index contributed by atoms with van der Waals surface area (Å²) >= 11 is 0. The van der Waals surface area contributed by atoms with Crippen molar-refractivity contribution in [3.05, 3.63) is 53.8 Å². The van der Waals surface area contributed by atoms with E-state index in [2.05, 4.69) is 5.32 Å². The molecule has 26 heavy (non-hydrogen) atoms. The Morgan fingerprint density at radius 3 is 2.31 bits per heavy atom. The Hall–Kier alpha value is -3.09. The standard InChI is InChI=1S/C19H20FNO5/c1-12(19(23)21-15-7-5-14(20)6-8-15)26-18(22)11-13-4-9-16(24-2)17(10-13)25-3/h4-10,12H,11H2,1-3H3,(H,21,23)/t12-/m0/s1. The third kappa shape index (κ3) is 5.20. The number of rotatable bonds is 7. The smallest absolute Gasteiger partial charge is 0.311 e. The van der Waals surface area contributed by atoms with Gasteiger partial charge in [0.1, 0.15) is 5.82 Å². The van der Waals surface area contributed by atoms with Crippen LogP contribution >= 0.6 is 0 Å². The highest BCUT2D eigenvalue weighted by molar-refractivity contribution is 5.95. The zero-order valence-electron chi connectivity index (χ0n) is 14.7. The molecular formula is C19H20FNO5. The fourth-order valence-corrected chi connectivity index (χ4v) is 2.23. The highest BCUT2D eigenvalue weighted by atomic mass is 19.1. The van der Waals surface area contributed by atoms with E-state index in [1.54, 1.807) is 18.2 Å². The molecule has 1 atom stereocenters. The monoisotopic (exact) mass is 361 g/mol. The average molecular weight is 361 g/mol. The summed E-state index contributed by atoms with van der Waals surface area (Å²) in [4.78, 5) is 24.1. The summed E-state index contributed by atoms with van der Waals surface area (Å²) in [6.07, 6.45) is -1.01. The summed E-state index contributed by atoms with van der Waals surface area (Å²) in [7, 11) is 3.02. The van der Waals surface area contributed by atoms with Crippen molar-refractivity contribution in [2.24, 2.45) is 0 Å². The van der Waals surface area contributed by atoms with Crippen molar-refractivity contribution >= 4 is 17.6 Å². The number of hydrogen-bond donors (Lipinski definition) is 1. The van der Waals surface area contributed by atoms with E-state index < -0.39 is 23.8 Å². The van der Waals surface area contributed by atoms with Crippen molar-refractivity contribution in [1.29, 1.82) is 0 Å². The van der Waals surface area contributed by atoms with Crippen LogP contribution in [-0.4, -0.2) is 32.2 Å². The molecule has 2 aromatic rings. The predicted molar refractivity (Wildman–Crippen MR) is 93.8 cm³/mol. The maximum atomic E-state index is 12.9. The highest BCUT2D eigenvalue weighted by Crippen LogP contribution is 2.27. The summed E-state index contributed by atoms with van der Waals surface area (Å²) in [6, 6.07) is 10.4. The molecule has 2 aromatic carbocycles. The van der Waals surface area contributed by atoms with Gasteiger partial charge in [-0.15, -0.1) is 0 Å². The normalized spacial score (nSPS) is 11.4. The topological polar surface area (TPSA) is 73.9 Å². The minimum absolute atomic E-state index is 0.0193. The Labute approximate surface area is 150 Å². The van der Waals surface area contributed by atoms with Crippen LogP contribution in [0, 0.1) is 5.82 Å². The molecule has 0 heterocycles. The second-order valence-electron chi connectivity index (χ2n) is 5.49. The second kappa shape index (κ2) is 8.84. The van der Waals surface area contributed by atoms with Crippen LogP contribution in [0.15, 0.2) is 42.5 Å². The number of carbonyl (C=O) groups excluding carboxylic acids is 2. The number of methoxy groups -OCH3 is 2. The Bertz CT molecular complexity index is 776. The quantitative estimate of drug-likeness (QED) is 0.768. The van der Waals surface area contributed by atoms with Crippen LogP contribution in [0.2, 0.25) is 0 Å². The molecule has 138 valence electrons. The Kier molecular flexibility index (Phi) is 6.54. The third-order valence-electron chi connectivity index (χ3n) is 3.59. The SMILES string of the molecule is COc1ccc(CC(=O)O[C@@H](C)C(=O)Nc2ccc(F)cc2)cc1OC. The van der Waals surface area contributed by atoms with E-state index in [1.807, 2.05) is 0 Å². The van der Waals surface area contributed by atoms with Gasteiger partial charge in [0.25, 0.3) is 5.91 Å². The molecule has 6 nitrogen and oxygen atoms in total. The molecule has 0 saturated carbocycles. The molecule has 1 N–H and O–H groups in total. The molecule has 0 saturated heterocycles. The molecule has 2 rings (SSSR count). The first kappa shape index (κ1) is 19.2. The Balaban J connectivity index is 1.92. The van der Waals surface area contributed by atoms with Gasteiger partial charge in [0.15, 0.2) is 17.6 Å². The number of halogens is 1. The van der Waals surface area contributed by atoms with E-state index in [1.165, 1.54) is 45.4 Å². The maximum Gasteiger partial charge on any atom is 0.311 e. The van der Waals surface area contributed by atoms with Gasteiger partial charge in [-0.1, -0.05) is 6.07 Å². The molecule has 0 aromatic heterocycles. The van der Waals surface area contributed by atoms with Crippen molar-refractivity contribution in [2.45, 2.75) is 19.4 Å². The lowest BCUT2D eigenvalue weighted by molar-refractivity contribution is -0.152. The van der Waals surface area contributed by atoms with Crippen LogP contribution in [0.5, 0.6) is 11.5 Å². The van der Waals surface area contributed by atoms with Crippen molar-refractivity contribution in [2.75, 3.05) is 19.5 Å². The molecule has 0 radical (unpaired) electrons. The number of amides is 1. The number of hydrogen-bond acceptors (Lipinski definition) is 5. The van der Waals surface area contributed by atoms with Gasteiger partial charge < -0.3 is 19.5 Å². The van der Waals surface area contributed by atoms with Gasteiger partial charge in [-0.25, -0.2) is 4.39 Å². The van der Waals surface area contributed by atoms with Crippen LogP contribution in [0.3, 0.4) is 0 Å². The van der Waals surface area contributed by atoms with Gasteiger partial charge in [0.05, 0.1) is 20.6 Å². The van der Waals surface area contributed by atoms with Gasteiger partial charge in [-0.05, 0) is 48.9 Å². The fourth-order valence-electron chi connectivity index (χ4n) is 2.23. The first-order chi connectivity index (χ1) is 12.4. The molecule has 0 bridgehead atoms. The molecule has 0 spiro atoms. The summed E-state index contributed by atoms with van der Waals surface area (Å²) in [5.41, 5.74) is 1.08. The number of nitrogens with one attached hydrogen (secondary N) is 1. The van der Waals surface area contributed by atoms with E-state index in [4.69, 9.17) is 14.2 Å². The van der Waals surface area contributed by atoms with Gasteiger partial charge in [0, 0.05) is 5.69 Å². The molecule has 7 heteroatoms. The van der Waals surface area contributed by atoms with Crippen LogP contribution in [0.4, 0.5) is 10.1 Å². The van der Waals surface area contributed by atoms with Crippen LogP contribution in [-0.2, 0) is 20.7 Å². The zero-order chi connectivity index (χ0) is 19.1. The van der Waals surface area contributed by atoms with Crippen molar-refractivity contribution in [3.8, 4) is 11.5 Å².